The summed E-state index contributed by atoms with van der Waals surface area (Å²) in [5.41, 5.74) is 2.23. The predicted molar refractivity (Wildman–Crippen MR) is 95.8 cm³/mol. The molecule has 3 aromatic rings. The van der Waals surface area contributed by atoms with Crippen LogP contribution < -0.4 is 9.64 Å². The molecule has 0 fully saturated rings. The molecule has 27 heavy (non-hydrogen) atoms. The number of amides is 1. The molecule has 0 saturated heterocycles. The van der Waals surface area contributed by atoms with Crippen LogP contribution in [0.3, 0.4) is 0 Å². The van der Waals surface area contributed by atoms with Crippen molar-refractivity contribution in [3.8, 4) is 5.75 Å². The molecule has 0 unspecified atom stereocenters. The van der Waals surface area contributed by atoms with Gasteiger partial charge in [0.25, 0.3) is 5.91 Å². The third kappa shape index (κ3) is 3.40. The second kappa shape index (κ2) is 6.83. The van der Waals surface area contributed by atoms with Crippen molar-refractivity contribution in [1.29, 1.82) is 0 Å². The maximum atomic E-state index is 13.5. The second-order valence-electron chi connectivity index (χ2n) is 6.38. The molecule has 1 aliphatic rings. The van der Waals surface area contributed by atoms with E-state index in [1.165, 1.54) is 30.3 Å². The Morgan fingerprint density at radius 1 is 1.07 bits per heavy atom. The van der Waals surface area contributed by atoms with Crippen molar-refractivity contribution in [3.63, 3.8) is 0 Å². The van der Waals surface area contributed by atoms with Gasteiger partial charge in [0.1, 0.15) is 35.4 Å². The highest BCUT2D eigenvalue weighted by molar-refractivity contribution is 6.05. The molecule has 1 amide bonds. The highest BCUT2D eigenvalue weighted by atomic mass is 19.1. The van der Waals surface area contributed by atoms with Crippen molar-refractivity contribution >= 4 is 11.6 Å². The van der Waals surface area contributed by atoms with Gasteiger partial charge < -0.3 is 9.64 Å². The Kier molecular flexibility index (Phi) is 4.35. The van der Waals surface area contributed by atoms with Crippen LogP contribution in [-0.4, -0.2) is 22.2 Å². The van der Waals surface area contributed by atoms with Gasteiger partial charge in [-0.3, -0.25) is 9.48 Å². The molecular formula is C20H17F2N3O2. The van der Waals surface area contributed by atoms with E-state index in [2.05, 4.69) is 5.10 Å². The SMILES string of the molecule is Cc1cc(N2CCn3nc(COc4ccc(F)cc4)cc3C2=O)ccc1F. The van der Waals surface area contributed by atoms with Crippen molar-refractivity contribution < 1.29 is 18.3 Å². The van der Waals surface area contributed by atoms with E-state index >= 15 is 0 Å². The summed E-state index contributed by atoms with van der Waals surface area (Å²) >= 11 is 0. The minimum Gasteiger partial charge on any atom is -0.487 e. The Labute approximate surface area is 154 Å². The molecule has 2 aromatic carbocycles. The van der Waals surface area contributed by atoms with Crippen molar-refractivity contribution in [1.82, 2.24) is 9.78 Å². The number of carbonyl (C=O) groups excluding carboxylic acids is 1. The number of carbonyl (C=O) groups is 1. The molecular weight excluding hydrogens is 352 g/mol. The minimum atomic E-state index is -0.332. The van der Waals surface area contributed by atoms with Crippen LogP contribution in [0.25, 0.3) is 0 Å². The van der Waals surface area contributed by atoms with Gasteiger partial charge in [-0.1, -0.05) is 0 Å². The van der Waals surface area contributed by atoms with Gasteiger partial charge in [-0.15, -0.1) is 0 Å². The fourth-order valence-corrected chi connectivity index (χ4v) is 3.05. The first-order valence-electron chi connectivity index (χ1n) is 8.54. The van der Waals surface area contributed by atoms with Gasteiger partial charge in [0.15, 0.2) is 0 Å². The molecule has 0 N–H and O–H groups in total. The van der Waals surface area contributed by atoms with E-state index in [0.29, 0.717) is 41.5 Å². The lowest BCUT2D eigenvalue weighted by Gasteiger charge is -2.27. The summed E-state index contributed by atoms with van der Waals surface area (Å²) < 4.78 is 33.7. The number of hydrogen-bond acceptors (Lipinski definition) is 3. The standard InChI is InChI=1S/C20H17F2N3O2/c1-13-10-16(4-7-18(13)22)24-8-9-25-19(20(24)26)11-15(23-25)12-27-17-5-2-14(21)3-6-17/h2-7,10-11H,8-9,12H2,1H3. The maximum absolute atomic E-state index is 13.5. The average Bonchev–Trinajstić information content (AvgIpc) is 3.08. The molecule has 7 heteroatoms. The zero-order valence-corrected chi connectivity index (χ0v) is 14.7. The number of aryl methyl sites for hydroxylation is 1. The molecule has 4 rings (SSSR count). The van der Waals surface area contributed by atoms with Crippen LogP contribution in [0.15, 0.2) is 48.5 Å². The third-order valence-electron chi connectivity index (χ3n) is 4.48. The van der Waals surface area contributed by atoms with Crippen LogP contribution in [0.4, 0.5) is 14.5 Å². The van der Waals surface area contributed by atoms with Gasteiger partial charge >= 0.3 is 0 Å². The van der Waals surface area contributed by atoms with Gasteiger partial charge in [-0.2, -0.15) is 5.10 Å². The van der Waals surface area contributed by atoms with Crippen LogP contribution in [0.5, 0.6) is 5.75 Å². The van der Waals surface area contributed by atoms with Crippen molar-refractivity contribution in [2.45, 2.75) is 20.1 Å². The predicted octanol–water partition coefficient (Wildman–Crippen LogP) is 3.71. The molecule has 0 aliphatic carbocycles. The Bertz CT molecular complexity index is 999. The quantitative estimate of drug-likeness (QED) is 0.704. The van der Waals surface area contributed by atoms with Crippen LogP contribution in [0, 0.1) is 18.6 Å². The summed E-state index contributed by atoms with van der Waals surface area (Å²) in [6.45, 7) is 2.84. The van der Waals surface area contributed by atoms with Crippen molar-refractivity contribution in [2.75, 3.05) is 11.4 Å². The largest absolute Gasteiger partial charge is 0.487 e. The average molecular weight is 369 g/mol. The van der Waals surface area contributed by atoms with Crippen molar-refractivity contribution in [3.05, 3.63) is 77.1 Å². The minimum absolute atomic E-state index is 0.175. The monoisotopic (exact) mass is 369 g/mol. The molecule has 1 aliphatic heterocycles. The zero-order valence-electron chi connectivity index (χ0n) is 14.7. The molecule has 5 nitrogen and oxygen atoms in total. The Hall–Kier alpha value is -3.22. The number of ether oxygens (including phenoxy) is 1. The van der Waals surface area contributed by atoms with Gasteiger partial charge in [-0.05, 0) is 61.0 Å². The Morgan fingerprint density at radius 3 is 2.59 bits per heavy atom. The number of anilines is 1. The van der Waals surface area contributed by atoms with E-state index in [-0.39, 0.29) is 24.1 Å². The first-order valence-corrected chi connectivity index (χ1v) is 8.54. The summed E-state index contributed by atoms with van der Waals surface area (Å²) in [5, 5.41) is 4.40. The number of benzene rings is 2. The molecule has 0 spiro atoms. The van der Waals surface area contributed by atoms with Crippen LogP contribution >= 0.6 is 0 Å². The number of fused-ring (bicyclic) bond motifs is 1. The number of aromatic nitrogens is 2. The fraction of sp³-hybridized carbons (Fsp3) is 0.200. The van der Waals surface area contributed by atoms with Gasteiger partial charge in [0, 0.05) is 12.2 Å². The van der Waals surface area contributed by atoms with E-state index in [1.54, 1.807) is 34.7 Å². The van der Waals surface area contributed by atoms with Crippen LogP contribution in [0.2, 0.25) is 0 Å². The Morgan fingerprint density at radius 2 is 1.85 bits per heavy atom. The summed E-state index contributed by atoms with van der Waals surface area (Å²) in [7, 11) is 0. The molecule has 0 bridgehead atoms. The molecule has 2 heterocycles. The zero-order chi connectivity index (χ0) is 19.0. The summed E-state index contributed by atoms with van der Waals surface area (Å²) in [6, 6.07) is 12.0. The molecule has 1 aromatic heterocycles. The Balaban J connectivity index is 1.51. The number of halogens is 2. The lowest BCUT2D eigenvalue weighted by molar-refractivity contribution is 0.0962. The van der Waals surface area contributed by atoms with Gasteiger partial charge in [-0.25, -0.2) is 8.78 Å². The first-order chi connectivity index (χ1) is 13.0. The summed E-state index contributed by atoms with van der Waals surface area (Å²) in [6.07, 6.45) is 0. The van der Waals surface area contributed by atoms with E-state index in [1.807, 2.05) is 0 Å². The number of rotatable bonds is 4. The van der Waals surface area contributed by atoms with E-state index < -0.39 is 0 Å². The smallest absolute Gasteiger partial charge is 0.276 e. The van der Waals surface area contributed by atoms with E-state index in [4.69, 9.17) is 4.74 Å². The third-order valence-corrected chi connectivity index (χ3v) is 4.48. The number of hydrogen-bond donors (Lipinski definition) is 0. The highest BCUT2D eigenvalue weighted by Crippen LogP contribution is 2.24. The van der Waals surface area contributed by atoms with Crippen molar-refractivity contribution in [2.24, 2.45) is 0 Å². The van der Waals surface area contributed by atoms with E-state index in [0.717, 1.165) is 0 Å². The maximum Gasteiger partial charge on any atom is 0.276 e. The fourth-order valence-electron chi connectivity index (χ4n) is 3.05. The van der Waals surface area contributed by atoms with E-state index in [9.17, 15) is 13.6 Å². The lowest BCUT2D eigenvalue weighted by atomic mass is 10.1. The molecule has 0 atom stereocenters. The first kappa shape index (κ1) is 17.2. The van der Waals surface area contributed by atoms with Crippen LogP contribution in [0.1, 0.15) is 21.7 Å². The lowest BCUT2D eigenvalue weighted by Crippen LogP contribution is -2.40. The number of nitrogens with zero attached hydrogens (tertiary/aromatic N) is 3. The molecule has 138 valence electrons. The van der Waals surface area contributed by atoms with Gasteiger partial charge in [0.2, 0.25) is 0 Å². The van der Waals surface area contributed by atoms with Gasteiger partial charge in [0.05, 0.1) is 6.54 Å². The summed E-state index contributed by atoms with van der Waals surface area (Å²) in [4.78, 5) is 14.4. The normalized spacial score (nSPS) is 13.6. The van der Waals surface area contributed by atoms with Crippen LogP contribution in [-0.2, 0) is 13.2 Å². The second-order valence-corrected chi connectivity index (χ2v) is 6.38. The summed E-state index contributed by atoms with van der Waals surface area (Å²) in [5.74, 6) is -0.292. The highest BCUT2D eigenvalue weighted by Gasteiger charge is 2.27. The molecule has 0 radical (unpaired) electrons. The topological polar surface area (TPSA) is 47.4 Å². The molecule has 0 saturated carbocycles.